The molecular formula is C10H19N. The second-order valence-electron chi connectivity index (χ2n) is 4.67. The van der Waals surface area contributed by atoms with E-state index in [1.807, 2.05) is 0 Å². The lowest BCUT2D eigenvalue weighted by molar-refractivity contribution is 0.131. The molecule has 1 saturated heterocycles. The summed E-state index contributed by atoms with van der Waals surface area (Å²) in [5.41, 5.74) is 0. The highest BCUT2D eigenvalue weighted by Crippen LogP contribution is 2.42. The zero-order valence-corrected chi connectivity index (χ0v) is 7.88. The molecule has 0 aromatic rings. The number of likely N-dealkylation sites (tertiary alicyclic amines) is 1. The number of hydrogen-bond acceptors (Lipinski definition) is 1. The maximum absolute atomic E-state index is 2.69. The Kier molecular flexibility index (Phi) is 1.71. The number of fused-ring (bicyclic) bond motifs is 2. The molecule has 2 bridgehead atoms. The summed E-state index contributed by atoms with van der Waals surface area (Å²) in [7, 11) is 0. The van der Waals surface area contributed by atoms with Crippen LogP contribution in [0.2, 0.25) is 0 Å². The third-order valence-corrected chi connectivity index (χ3v) is 3.50. The van der Waals surface area contributed by atoms with Crippen molar-refractivity contribution in [3.05, 3.63) is 0 Å². The van der Waals surface area contributed by atoms with Crippen LogP contribution in [0.4, 0.5) is 0 Å². The van der Waals surface area contributed by atoms with Crippen molar-refractivity contribution in [2.45, 2.75) is 45.7 Å². The smallest absolute Gasteiger partial charge is 0.0127 e. The topological polar surface area (TPSA) is 3.24 Å². The van der Waals surface area contributed by atoms with E-state index >= 15 is 0 Å². The van der Waals surface area contributed by atoms with E-state index in [2.05, 4.69) is 25.7 Å². The molecule has 2 unspecified atom stereocenters. The van der Waals surface area contributed by atoms with E-state index in [1.165, 1.54) is 19.4 Å². The first-order chi connectivity index (χ1) is 5.18. The summed E-state index contributed by atoms with van der Waals surface area (Å²) in [4.78, 5) is 2.69. The third kappa shape index (κ3) is 1.10. The van der Waals surface area contributed by atoms with Gasteiger partial charge in [-0.3, -0.25) is 4.90 Å². The number of hydrogen-bond donors (Lipinski definition) is 0. The molecule has 2 rings (SSSR count). The van der Waals surface area contributed by atoms with Crippen LogP contribution in [0.1, 0.15) is 33.6 Å². The van der Waals surface area contributed by atoms with Crippen LogP contribution in [0.3, 0.4) is 0 Å². The van der Waals surface area contributed by atoms with Crippen molar-refractivity contribution in [2.24, 2.45) is 11.8 Å². The summed E-state index contributed by atoms with van der Waals surface area (Å²) in [5, 5.41) is 0. The van der Waals surface area contributed by atoms with Crippen molar-refractivity contribution in [3.63, 3.8) is 0 Å². The van der Waals surface area contributed by atoms with Crippen LogP contribution in [0.25, 0.3) is 0 Å². The summed E-state index contributed by atoms with van der Waals surface area (Å²) in [5.74, 6) is 2.01. The molecule has 0 aromatic heterocycles. The quantitative estimate of drug-likeness (QED) is 0.558. The zero-order chi connectivity index (χ0) is 8.01. The fourth-order valence-corrected chi connectivity index (χ4v) is 2.99. The minimum Gasteiger partial charge on any atom is -0.297 e. The monoisotopic (exact) mass is 153 g/mol. The van der Waals surface area contributed by atoms with Crippen molar-refractivity contribution < 1.29 is 0 Å². The lowest BCUT2D eigenvalue weighted by Crippen LogP contribution is -2.41. The summed E-state index contributed by atoms with van der Waals surface area (Å²) in [6.45, 7) is 8.45. The van der Waals surface area contributed by atoms with Crippen LogP contribution in [0, 0.1) is 11.8 Å². The lowest BCUT2D eigenvalue weighted by Gasteiger charge is -2.34. The molecule has 0 N–H and O–H groups in total. The van der Waals surface area contributed by atoms with E-state index in [9.17, 15) is 0 Å². The van der Waals surface area contributed by atoms with Gasteiger partial charge in [0.2, 0.25) is 0 Å². The van der Waals surface area contributed by atoms with E-state index in [0.29, 0.717) is 0 Å². The molecule has 1 saturated carbocycles. The van der Waals surface area contributed by atoms with Gasteiger partial charge < -0.3 is 0 Å². The molecule has 2 aliphatic rings. The van der Waals surface area contributed by atoms with Crippen molar-refractivity contribution in [2.75, 3.05) is 6.54 Å². The van der Waals surface area contributed by atoms with Crippen molar-refractivity contribution >= 4 is 0 Å². The summed E-state index contributed by atoms with van der Waals surface area (Å²) < 4.78 is 0. The Labute approximate surface area is 69.8 Å². The van der Waals surface area contributed by atoms with Gasteiger partial charge in [0.05, 0.1) is 0 Å². The standard InChI is InChI=1S/C10H19N/c1-7(2)11-6-9-4-8(3)10(11)5-9/h7-10H,4-6H2,1-3H3/t8-,9?,10?/m1/s1. The van der Waals surface area contributed by atoms with Crippen LogP contribution in [-0.4, -0.2) is 23.5 Å². The van der Waals surface area contributed by atoms with Gasteiger partial charge in [-0.2, -0.15) is 0 Å². The minimum atomic E-state index is 0.771. The van der Waals surface area contributed by atoms with E-state index < -0.39 is 0 Å². The van der Waals surface area contributed by atoms with E-state index in [1.54, 1.807) is 0 Å². The number of rotatable bonds is 1. The Morgan fingerprint density at radius 3 is 2.36 bits per heavy atom. The molecule has 0 amide bonds. The Morgan fingerprint density at radius 1 is 1.27 bits per heavy atom. The molecule has 1 aliphatic carbocycles. The highest BCUT2D eigenvalue weighted by molar-refractivity contribution is 4.97. The Bertz CT molecular complexity index is 153. The van der Waals surface area contributed by atoms with Crippen molar-refractivity contribution in [3.8, 4) is 0 Å². The maximum atomic E-state index is 2.69. The van der Waals surface area contributed by atoms with Crippen LogP contribution in [0.5, 0.6) is 0 Å². The van der Waals surface area contributed by atoms with Gasteiger partial charge in [0, 0.05) is 18.6 Å². The minimum absolute atomic E-state index is 0.771. The predicted molar refractivity (Wildman–Crippen MR) is 47.5 cm³/mol. The Morgan fingerprint density at radius 2 is 2.00 bits per heavy atom. The second-order valence-corrected chi connectivity index (χ2v) is 4.67. The van der Waals surface area contributed by atoms with Crippen LogP contribution in [0.15, 0.2) is 0 Å². The summed E-state index contributed by atoms with van der Waals surface area (Å²) in [6, 6.07) is 1.70. The predicted octanol–water partition coefficient (Wildman–Crippen LogP) is 2.13. The van der Waals surface area contributed by atoms with Gasteiger partial charge >= 0.3 is 0 Å². The van der Waals surface area contributed by atoms with Gasteiger partial charge in [-0.05, 0) is 38.5 Å². The number of nitrogens with zero attached hydrogens (tertiary/aromatic N) is 1. The second kappa shape index (κ2) is 2.48. The first kappa shape index (κ1) is 7.60. The lowest BCUT2D eigenvalue weighted by atomic mass is 9.99. The maximum Gasteiger partial charge on any atom is 0.0127 e. The first-order valence-corrected chi connectivity index (χ1v) is 4.94. The molecule has 11 heavy (non-hydrogen) atoms. The summed E-state index contributed by atoms with van der Waals surface area (Å²) in [6.07, 6.45) is 2.98. The fraction of sp³-hybridized carbons (Fsp3) is 1.00. The Hall–Kier alpha value is -0.0400. The fourth-order valence-electron chi connectivity index (χ4n) is 2.99. The molecular weight excluding hydrogens is 134 g/mol. The Balaban J connectivity index is 2.06. The molecule has 2 fully saturated rings. The molecule has 3 atom stereocenters. The average molecular weight is 153 g/mol. The molecule has 1 nitrogen and oxygen atoms in total. The van der Waals surface area contributed by atoms with Crippen LogP contribution in [-0.2, 0) is 0 Å². The van der Waals surface area contributed by atoms with Gasteiger partial charge in [-0.25, -0.2) is 0 Å². The van der Waals surface area contributed by atoms with Crippen LogP contribution >= 0.6 is 0 Å². The molecule has 1 heterocycles. The molecule has 0 radical (unpaired) electrons. The van der Waals surface area contributed by atoms with Gasteiger partial charge in [0.25, 0.3) is 0 Å². The third-order valence-electron chi connectivity index (χ3n) is 3.50. The van der Waals surface area contributed by atoms with Crippen molar-refractivity contribution in [1.82, 2.24) is 4.90 Å². The van der Waals surface area contributed by atoms with Gasteiger partial charge in [-0.15, -0.1) is 0 Å². The zero-order valence-electron chi connectivity index (χ0n) is 7.88. The summed E-state index contributed by atoms with van der Waals surface area (Å²) >= 11 is 0. The van der Waals surface area contributed by atoms with Crippen LogP contribution < -0.4 is 0 Å². The van der Waals surface area contributed by atoms with E-state index in [-0.39, 0.29) is 0 Å². The van der Waals surface area contributed by atoms with Crippen molar-refractivity contribution in [1.29, 1.82) is 0 Å². The molecule has 0 spiro atoms. The highest BCUT2D eigenvalue weighted by Gasteiger charge is 2.43. The normalized spacial score (nSPS) is 44.2. The van der Waals surface area contributed by atoms with Gasteiger partial charge in [-0.1, -0.05) is 6.92 Å². The van der Waals surface area contributed by atoms with E-state index in [4.69, 9.17) is 0 Å². The average Bonchev–Trinajstić information content (AvgIpc) is 2.43. The molecule has 64 valence electrons. The molecule has 1 aliphatic heterocycles. The van der Waals surface area contributed by atoms with Gasteiger partial charge in [0.1, 0.15) is 0 Å². The SMILES string of the molecule is CC(C)N1CC2CC1[C@H](C)C2. The molecule has 1 heteroatoms. The first-order valence-electron chi connectivity index (χ1n) is 4.94. The molecule has 0 aromatic carbocycles. The number of piperidine rings is 1. The van der Waals surface area contributed by atoms with E-state index in [0.717, 1.165) is 23.9 Å². The van der Waals surface area contributed by atoms with Gasteiger partial charge in [0.15, 0.2) is 0 Å². The largest absolute Gasteiger partial charge is 0.297 e. The highest BCUT2D eigenvalue weighted by atomic mass is 15.2.